The number of nitrogens with one attached hydrogen (secondary N) is 1. The molecule has 1 N–H and O–H groups in total. The Morgan fingerprint density at radius 3 is 2.52 bits per heavy atom. The van der Waals surface area contributed by atoms with Crippen molar-refractivity contribution in [2.24, 2.45) is 5.92 Å². The molecule has 0 unspecified atom stereocenters. The summed E-state index contributed by atoms with van der Waals surface area (Å²) in [6.07, 6.45) is 2.75. The van der Waals surface area contributed by atoms with Gasteiger partial charge in [0.05, 0.1) is 0 Å². The average molecular weight is 344 g/mol. The van der Waals surface area contributed by atoms with Crippen molar-refractivity contribution in [3.05, 3.63) is 69.1 Å². The maximum Gasteiger partial charge on any atom is 0.261 e. The molecule has 130 valence electrons. The molecule has 0 radical (unpaired) electrons. The number of aromatic amines is 1. The Morgan fingerprint density at radius 2 is 1.88 bits per heavy atom. The number of pyridine rings is 1. The van der Waals surface area contributed by atoms with E-state index in [1.54, 1.807) is 17.0 Å². The van der Waals surface area contributed by atoms with Crippen molar-refractivity contribution in [1.82, 2.24) is 9.88 Å². The first-order chi connectivity index (χ1) is 12.0. The van der Waals surface area contributed by atoms with Crippen molar-refractivity contribution in [3.63, 3.8) is 0 Å². The summed E-state index contributed by atoms with van der Waals surface area (Å²) in [6.45, 7) is 1.03. The van der Waals surface area contributed by atoms with Gasteiger partial charge in [0.1, 0.15) is 5.56 Å². The number of halogens is 2. The number of carbonyl (C=O) groups is 1. The van der Waals surface area contributed by atoms with Gasteiger partial charge < -0.3 is 9.88 Å². The molecule has 1 saturated heterocycles. The van der Waals surface area contributed by atoms with E-state index < -0.39 is 11.6 Å². The highest BCUT2D eigenvalue weighted by molar-refractivity contribution is 5.94. The normalized spacial score (nSPS) is 17.4. The van der Waals surface area contributed by atoms with E-state index in [0.717, 1.165) is 24.6 Å². The molecule has 1 aliphatic heterocycles. The fourth-order valence-electron chi connectivity index (χ4n) is 3.32. The third-order valence-electron chi connectivity index (χ3n) is 4.93. The van der Waals surface area contributed by atoms with Crippen LogP contribution in [-0.2, 0) is 6.42 Å². The molecule has 2 fully saturated rings. The maximum atomic E-state index is 13.2. The maximum absolute atomic E-state index is 13.2. The minimum absolute atomic E-state index is 0.163. The van der Waals surface area contributed by atoms with E-state index in [2.05, 4.69) is 4.98 Å². The minimum Gasteiger partial charge on any atom is -0.338 e. The van der Waals surface area contributed by atoms with Crippen LogP contribution >= 0.6 is 0 Å². The number of aromatic nitrogens is 1. The molecule has 1 amide bonds. The number of likely N-dealkylation sites (tertiary alicyclic amines) is 1. The smallest absolute Gasteiger partial charge is 0.261 e. The molecule has 4 nitrogen and oxygen atoms in total. The van der Waals surface area contributed by atoms with Crippen LogP contribution in [0.3, 0.4) is 0 Å². The molecule has 1 saturated carbocycles. The van der Waals surface area contributed by atoms with Gasteiger partial charge >= 0.3 is 0 Å². The SMILES string of the molecule is O=C(c1ccc(C2CC2)[nH]c1=O)N1CC(Cc2ccc(F)c(F)c2)C1. The lowest BCUT2D eigenvalue weighted by atomic mass is 9.91. The van der Waals surface area contributed by atoms with Gasteiger partial charge in [0.25, 0.3) is 11.5 Å². The number of hydrogen-bond donors (Lipinski definition) is 1. The fourth-order valence-corrected chi connectivity index (χ4v) is 3.32. The zero-order valence-corrected chi connectivity index (χ0v) is 13.6. The monoisotopic (exact) mass is 344 g/mol. The fraction of sp³-hybridized carbons (Fsp3) is 0.368. The predicted molar refractivity (Wildman–Crippen MR) is 88.5 cm³/mol. The van der Waals surface area contributed by atoms with Crippen LogP contribution in [0.25, 0.3) is 0 Å². The summed E-state index contributed by atoms with van der Waals surface area (Å²) in [5, 5.41) is 0. The number of rotatable bonds is 4. The number of nitrogens with zero attached hydrogens (tertiary/aromatic N) is 1. The van der Waals surface area contributed by atoms with Crippen molar-refractivity contribution in [2.75, 3.05) is 13.1 Å². The molecular weight excluding hydrogens is 326 g/mol. The lowest BCUT2D eigenvalue weighted by molar-refractivity contribution is 0.0499. The number of carbonyl (C=O) groups excluding carboxylic acids is 1. The summed E-state index contributed by atoms with van der Waals surface area (Å²) in [7, 11) is 0. The molecule has 0 atom stereocenters. The second-order valence-corrected chi connectivity index (χ2v) is 6.96. The van der Waals surface area contributed by atoms with E-state index in [9.17, 15) is 18.4 Å². The molecule has 1 aromatic heterocycles. The first-order valence-electron chi connectivity index (χ1n) is 8.47. The first kappa shape index (κ1) is 16.0. The van der Waals surface area contributed by atoms with Crippen molar-refractivity contribution in [2.45, 2.75) is 25.2 Å². The molecule has 1 aromatic carbocycles. The van der Waals surface area contributed by atoms with E-state index in [1.165, 1.54) is 6.07 Å². The first-order valence-corrected chi connectivity index (χ1v) is 8.47. The molecule has 0 spiro atoms. The van der Waals surface area contributed by atoms with Gasteiger partial charge in [-0.3, -0.25) is 9.59 Å². The Morgan fingerprint density at radius 1 is 1.12 bits per heavy atom. The molecular formula is C19H18F2N2O2. The van der Waals surface area contributed by atoms with Gasteiger partial charge in [0.2, 0.25) is 0 Å². The number of benzene rings is 1. The summed E-state index contributed by atoms with van der Waals surface area (Å²) in [5.41, 5.74) is 1.44. The standard InChI is InChI=1S/C19H18F2N2O2/c20-15-5-1-11(8-16(15)21)7-12-9-23(10-12)19(25)14-4-6-17(13-2-3-13)22-18(14)24/h1,4-6,8,12-13H,2-3,7,9-10H2,(H,22,24). The Labute approximate surface area is 143 Å². The van der Waals surface area contributed by atoms with E-state index in [4.69, 9.17) is 0 Å². The van der Waals surface area contributed by atoms with Gasteiger partial charge in [-0.25, -0.2) is 8.78 Å². The third kappa shape index (κ3) is 3.21. The summed E-state index contributed by atoms with van der Waals surface area (Å²) in [6, 6.07) is 7.31. The number of amides is 1. The minimum atomic E-state index is -0.858. The van der Waals surface area contributed by atoms with Crippen molar-refractivity contribution >= 4 is 5.91 Å². The highest BCUT2D eigenvalue weighted by Crippen LogP contribution is 2.38. The lowest BCUT2D eigenvalue weighted by Gasteiger charge is -2.39. The van der Waals surface area contributed by atoms with E-state index in [1.807, 2.05) is 6.07 Å². The Bertz CT molecular complexity index is 883. The van der Waals surface area contributed by atoms with E-state index in [0.29, 0.717) is 31.0 Å². The van der Waals surface area contributed by atoms with Crippen LogP contribution in [0, 0.1) is 17.6 Å². The van der Waals surface area contributed by atoms with Crippen LogP contribution in [0.15, 0.2) is 35.1 Å². The highest BCUT2D eigenvalue weighted by atomic mass is 19.2. The summed E-state index contributed by atoms with van der Waals surface area (Å²) in [4.78, 5) is 29.0. The van der Waals surface area contributed by atoms with Gasteiger partial charge in [-0.15, -0.1) is 0 Å². The van der Waals surface area contributed by atoms with E-state index in [-0.39, 0.29) is 22.9 Å². The van der Waals surface area contributed by atoms with Gasteiger partial charge in [0.15, 0.2) is 11.6 Å². The Kier molecular flexibility index (Phi) is 3.90. The molecule has 4 rings (SSSR count). The molecule has 0 bridgehead atoms. The second-order valence-electron chi connectivity index (χ2n) is 6.96. The molecule has 2 aromatic rings. The number of H-pyrrole nitrogens is 1. The van der Waals surface area contributed by atoms with Crippen LogP contribution in [0.4, 0.5) is 8.78 Å². The average Bonchev–Trinajstić information content (AvgIpc) is 3.38. The second kappa shape index (κ2) is 6.10. The van der Waals surface area contributed by atoms with Gasteiger partial charge in [-0.2, -0.15) is 0 Å². The summed E-state index contributed by atoms with van der Waals surface area (Å²) >= 11 is 0. The Balaban J connectivity index is 1.37. The van der Waals surface area contributed by atoms with Crippen molar-refractivity contribution in [3.8, 4) is 0 Å². The predicted octanol–water partition coefficient (Wildman–Crippen LogP) is 2.85. The molecule has 2 heterocycles. The third-order valence-corrected chi connectivity index (χ3v) is 4.93. The van der Waals surface area contributed by atoms with Gasteiger partial charge in [0, 0.05) is 18.8 Å². The van der Waals surface area contributed by atoms with Crippen molar-refractivity contribution < 1.29 is 13.6 Å². The van der Waals surface area contributed by atoms with Crippen LogP contribution in [0.5, 0.6) is 0 Å². The van der Waals surface area contributed by atoms with Crippen molar-refractivity contribution in [1.29, 1.82) is 0 Å². The topological polar surface area (TPSA) is 53.2 Å². The number of hydrogen-bond acceptors (Lipinski definition) is 2. The zero-order chi connectivity index (χ0) is 17.6. The molecule has 1 aliphatic carbocycles. The van der Waals surface area contributed by atoms with Crippen LogP contribution in [-0.4, -0.2) is 28.9 Å². The van der Waals surface area contributed by atoms with E-state index >= 15 is 0 Å². The molecule has 25 heavy (non-hydrogen) atoms. The zero-order valence-electron chi connectivity index (χ0n) is 13.6. The van der Waals surface area contributed by atoms with Crippen LogP contribution in [0.1, 0.15) is 40.4 Å². The molecule has 6 heteroatoms. The van der Waals surface area contributed by atoms with Crippen LogP contribution in [0.2, 0.25) is 0 Å². The van der Waals surface area contributed by atoms with Crippen LogP contribution < -0.4 is 5.56 Å². The van der Waals surface area contributed by atoms with Gasteiger partial charge in [-0.05, 0) is 60.9 Å². The molecule has 2 aliphatic rings. The summed E-state index contributed by atoms with van der Waals surface area (Å²) < 4.78 is 26.2. The Hall–Kier alpha value is -2.50. The van der Waals surface area contributed by atoms with Gasteiger partial charge in [-0.1, -0.05) is 6.07 Å². The quantitative estimate of drug-likeness (QED) is 0.927. The lowest BCUT2D eigenvalue weighted by Crippen LogP contribution is -2.51. The largest absolute Gasteiger partial charge is 0.338 e. The highest BCUT2D eigenvalue weighted by Gasteiger charge is 2.33. The summed E-state index contributed by atoms with van der Waals surface area (Å²) in [5.74, 6) is -1.36.